The minimum atomic E-state index is -0.357. The molecule has 13 nitrogen and oxygen atoms in total. The van der Waals surface area contributed by atoms with Crippen LogP contribution in [0.4, 0.5) is 16.3 Å². The third kappa shape index (κ3) is 8.26. The third-order valence-corrected chi connectivity index (χ3v) is 12.0. The molecule has 3 saturated heterocycles. The summed E-state index contributed by atoms with van der Waals surface area (Å²) in [5, 5.41) is 24.8. The maximum absolute atomic E-state index is 13.0. The van der Waals surface area contributed by atoms with Crippen molar-refractivity contribution in [2.45, 2.75) is 76.0 Å². The summed E-state index contributed by atoms with van der Waals surface area (Å²) in [6.07, 6.45) is 10.1. The van der Waals surface area contributed by atoms with Crippen molar-refractivity contribution in [2.75, 3.05) is 49.1 Å². The average molecular weight is 764 g/mol. The highest BCUT2D eigenvalue weighted by Gasteiger charge is 2.30. The van der Waals surface area contributed by atoms with Gasteiger partial charge in [0.05, 0.1) is 27.9 Å². The van der Waals surface area contributed by atoms with Crippen LogP contribution < -0.4 is 25.2 Å². The molecule has 4 aromatic rings. The number of anilines is 2. The van der Waals surface area contributed by atoms with Gasteiger partial charge in [0.2, 0.25) is 5.91 Å². The third-order valence-electron chi connectivity index (χ3n) is 11.7. The number of ether oxygens (including phenoxy) is 1. The minimum Gasteiger partial charge on any atom is -0.490 e. The lowest BCUT2D eigenvalue weighted by Gasteiger charge is -2.39. The van der Waals surface area contributed by atoms with Crippen LogP contribution in [0.3, 0.4) is 0 Å². The van der Waals surface area contributed by atoms with E-state index in [1.54, 1.807) is 29.2 Å². The number of urea groups is 1. The molecule has 1 saturated carbocycles. The van der Waals surface area contributed by atoms with Crippen LogP contribution in [0.2, 0.25) is 5.02 Å². The van der Waals surface area contributed by atoms with Gasteiger partial charge in [-0.15, -0.1) is 10.2 Å². The molecule has 0 spiro atoms. The Bertz CT molecular complexity index is 2080. The first-order valence-electron chi connectivity index (χ1n) is 19.5. The summed E-state index contributed by atoms with van der Waals surface area (Å²) in [6.45, 7) is 5.36. The number of nitrogens with one attached hydrogen (secondary N) is 2. The molecule has 4 amide bonds. The monoisotopic (exact) mass is 763 g/mol. The summed E-state index contributed by atoms with van der Waals surface area (Å²) in [4.78, 5) is 43.9. The number of fused-ring (bicyclic) bond motifs is 1. The number of nitriles is 1. The van der Waals surface area contributed by atoms with Crippen LogP contribution >= 0.6 is 11.6 Å². The summed E-state index contributed by atoms with van der Waals surface area (Å²) < 4.78 is 8.47. The Balaban J connectivity index is 0.788. The Kier molecular flexibility index (Phi) is 10.9. The van der Waals surface area contributed by atoms with Gasteiger partial charge in [-0.05, 0) is 106 Å². The van der Waals surface area contributed by atoms with Crippen molar-refractivity contribution in [3.8, 4) is 11.8 Å². The van der Waals surface area contributed by atoms with Gasteiger partial charge in [-0.2, -0.15) is 5.26 Å². The van der Waals surface area contributed by atoms with Gasteiger partial charge in [0.25, 0.3) is 5.91 Å². The summed E-state index contributed by atoms with van der Waals surface area (Å²) >= 11 is 6.15. The molecule has 2 aromatic carbocycles. The predicted molar refractivity (Wildman–Crippen MR) is 209 cm³/mol. The van der Waals surface area contributed by atoms with Crippen molar-refractivity contribution in [1.82, 2.24) is 30.3 Å². The molecule has 4 aliphatic rings. The lowest BCUT2D eigenvalue weighted by Crippen LogP contribution is -2.49. The number of piperidine rings is 2. The highest BCUT2D eigenvalue weighted by atomic mass is 35.5. The molecule has 0 unspecified atom stereocenters. The molecule has 0 bridgehead atoms. The van der Waals surface area contributed by atoms with Crippen molar-refractivity contribution in [3.63, 3.8) is 0 Å². The Morgan fingerprint density at radius 1 is 0.964 bits per heavy atom. The largest absolute Gasteiger partial charge is 0.490 e. The summed E-state index contributed by atoms with van der Waals surface area (Å²) in [5.41, 5.74) is 2.71. The van der Waals surface area contributed by atoms with Gasteiger partial charge in [-0.1, -0.05) is 17.7 Å². The zero-order chi connectivity index (χ0) is 37.9. The van der Waals surface area contributed by atoms with Gasteiger partial charge in [0.15, 0.2) is 11.5 Å². The molecule has 286 valence electrons. The number of nitrogens with zero attached hydrogens (tertiary/aromatic N) is 7. The Hall–Kier alpha value is -5.19. The molecule has 1 aliphatic carbocycles. The van der Waals surface area contributed by atoms with E-state index >= 15 is 0 Å². The summed E-state index contributed by atoms with van der Waals surface area (Å²) in [7, 11) is 0. The Morgan fingerprint density at radius 2 is 1.80 bits per heavy atom. The quantitative estimate of drug-likeness (QED) is 0.207. The molecule has 5 heterocycles. The number of halogens is 1. The van der Waals surface area contributed by atoms with Crippen LogP contribution in [0.1, 0.15) is 79.9 Å². The standard InChI is InChI=1S/C41H46ClN9O4/c42-34-23-32(9-6-28(34)24-43)55-31-10-7-29(8-11-31)44-40(53)35-12-13-38(47-46-35)49-19-14-27(15-20-49)25-48-18-2-3-30(26-48)50-21-16-33-36(50)4-1-5-37(33)51-22-17-39(52)45-41(51)54/h1,4-6,9,12-13,16,21,23,27,29-31H,2-3,7-8,10-11,14-15,17-20,22,25-26H2,(H,44,53)(H,45,52,54)/t29-,30-,31-/m1/s1. The van der Waals surface area contributed by atoms with Crippen molar-refractivity contribution in [1.29, 1.82) is 5.26 Å². The van der Waals surface area contributed by atoms with Gasteiger partial charge in [0, 0.05) is 68.9 Å². The molecule has 2 aromatic heterocycles. The van der Waals surface area contributed by atoms with E-state index in [-0.39, 0.29) is 30.0 Å². The average Bonchev–Trinajstić information content (AvgIpc) is 3.64. The zero-order valence-electron chi connectivity index (χ0n) is 30.8. The van der Waals surface area contributed by atoms with E-state index in [9.17, 15) is 14.4 Å². The summed E-state index contributed by atoms with van der Waals surface area (Å²) in [6, 6.07) is 19.1. The number of aromatic nitrogens is 3. The Labute approximate surface area is 325 Å². The number of likely N-dealkylation sites (tertiary alicyclic amines) is 1. The van der Waals surface area contributed by atoms with Crippen LogP contribution in [0.25, 0.3) is 10.9 Å². The molecule has 1 atom stereocenters. The molecular formula is C41H46ClN9O4. The fourth-order valence-corrected chi connectivity index (χ4v) is 8.92. The van der Waals surface area contributed by atoms with Crippen LogP contribution in [0.15, 0.2) is 60.8 Å². The zero-order valence-corrected chi connectivity index (χ0v) is 31.6. The highest BCUT2D eigenvalue weighted by Crippen LogP contribution is 2.34. The number of hydrogen-bond donors (Lipinski definition) is 2. The number of amides is 4. The molecule has 55 heavy (non-hydrogen) atoms. The molecule has 3 aliphatic heterocycles. The maximum atomic E-state index is 13.0. The predicted octanol–water partition coefficient (Wildman–Crippen LogP) is 6.08. The number of hydrogen-bond acceptors (Lipinski definition) is 9. The van der Waals surface area contributed by atoms with E-state index < -0.39 is 0 Å². The van der Waals surface area contributed by atoms with Crippen molar-refractivity contribution < 1.29 is 19.1 Å². The van der Waals surface area contributed by atoms with Crippen molar-refractivity contribution >= 4 is 51.9 Å². The first-order valence-corrected chi connectivity index (χ1v) is 19.9. The second-order valence-corrected chi connectivity index (χ2v) is 15.7. The van der Waals surface area contributed by atoms with E-state index in [1.165, 1.54) is 0 Å². The first-order chi connectivity index (χ1) is 26.8. The number of carbonyl (C=O) groups is 3. The van der Waals surface area contributed by atoms with Crippen molar-refractivity contribution in [2.24, 2.45) is 5.92 Å². The van der Waals surface area contributed by atoms with Gasteiger partial charge >= 0.3 is 6.03 Å². The molecule has 14 heteroatoms. The molecule has 8 rings (SSSR count). The molecule has 4 fully saturated rings. The van der Waals surface area contributed by atoms with E-state index in [2.05, 4.69) is 59.6 Å². The molecule has 2 N–H and O–H groups in total. The number of rotatable bonds is 9. The lowest BCUT2D eigenvalue weighted by atomic mass is 9.92. The van der Waals surface area contributed by atoms with Crippen LogP contribution in [-0.4, -0.2) is 88.9 Å². The summed E-state index contributed by atoms with van der Waals surface area (Å²) in [5.74, 6) is 1.62. The lowest BCUT2D eigenvalue weighted by molar-refractivity contribution is -0.120. The second-order valence-electron chi connectivity index (χ2n) is 15.3. The fourth-order valence-electron chi connectivity index (χ4n) is 8.71. The van der Waals surface area contributed by atoms with Gasteiger partial charge in [-0.25, -0.2) is 4.79 Å². The first kappa shape index (κ1) is 36.8. The van der Waals surface area contributed by atoms with E-state index in [0.29, 0.717) is 47.0 Å². The van der Waals surface area contributed by atoms with E-state index in [1.807, 2.05) is 18.2 Å². The maximum Gasteiger partial charge on any atom is 0.328 e. The molecular weight excluding hydrogens is 718 g/mol. The SMILES string of the molecule is N#Cc1ccc(O[C@H]2CC[C@H](NC(=O)c3ccc(N4CCC(CN5CCC[C@@H](n6ccc7c(N8CCC(=O)NC8=O)cccc76)C5)CC4)nn3)CC2)cc1Cl. The molecule has 0 radical (unpaired) electrons. The van der Waals surface area contributed by atoms with E-state index in [4.69, 9.17) is 21.6 Å². The van der Waals surface area contributed by atoms with Crippen molar-refractivity contribution in [3.05, 3.63) is 77.1 Å². The van der Waals surface area contributed by atoms with Gasteiger partial charge in [0.1, 0.15) is 11.8 Å². The Morgan fingerprint density at radius 3 is 2.55 bits per heavy atom. The van der Waals surface area contributed by atoms with Crippen LogP contribution in [0, 0.1) is 17.2 Å². The highest BCUT2D eigenvalue weighted by molar-refractivity contribution is 6.31. The van der Waals surface area contributed by atoms with Gasteiger partial charge in [-0.3, -0.25) is 19.8 Å². The van der Waals surface area contributed by atoms with Crippen LogP contribution in [0.5, 0.6) is 5.75 Å². The van der Waals surface area contributed by atoms with Crippen LogP contribution in [-0.2, 0) is 4.79 Å². The smallest absolute Gasteiger partial charge is 0.328 e. The fraction of sp³-hybridized carbons (Fsp3) is 0.463. The number of benzene rings is 2. The number of imide groups is 1. The second kappa shape index (κ2) is 16.3. The van der Waals surface area contributed by atoms with Gasteiger partial charge < -0.3 is 24.4 Å². The minimum absolute atomic E-state index is 0.0325. The topological polar surface area (TPSA) is 149 Å². The number of carbonyl (C=O) groups excluding carboxylic acids is 3. The normalized spacial score (nSPS) is 22.7. The van der Waals surface area contributed by atoms with E-state index in [0.717, 1.165) is 106 Å².